The summed E-state index contributed by atoms with van der Waals surface area (Å²) >= 11 is 0. The van der Waals surface area contributed by atoms with Gasteiger partial charge in [0.15, 0.2) is 0 Å². The van der Waals surface area contributed by atoms with Crippen LogP contribution in [0.25, 0.3) is 0 Å². The Hall–Kier alpha value is -1.85. The molecule has 3 fully saturated rings. The monoisotopic (exact) mass is 403 g/mol. The minimum Gasteiger partial charge on any atom is -0.479 e. The molecule has 4 rings (SSSR count). The number of fused-ring (bicyclic) bond motifs is 5. The second kappa shape index (κ2) is 7.44. The summed E-state index contributed by atoms with van der Waals surface area (Å²) in [6.07, 6.45) is 10.8. The Morgan fingerprint density at radius 1 is 1.17 bits per heavy atom. The second-order valence-electron chi connectivity index (χ2n) is 9.93. The molecule has 0 bridgehead atoms. The van der Waals surface area contributed by atoms with Crippen molar-refractivity contribution in [2.45, 2.75) is 78.2 Å². The van der Waals surface area contributed by atoms with E-state index in [1.54, 1.807) is 0 Å². The van der Waals surface area contributed by atoms with E-state index >= 15 is 0 Å². The van der Waals surface area contributed by atoms with Gasteiger partial charge in [-0.2, -0.15) is 0 Å². The number of oxime groups is 1. The third-order valence-corrected chi connectivity index (χ3v) is 8.50. The van der Waals surface area contributed by atoms with Crippen molar-refractivity contribution in [3.8, 4) is 0 Å². The number of esters is 1. The molecule has 0 aromatic rings. The smallest absolute Gasteiger partial charge is 0.344 e. The molecule has 4 aliphatic rings. The molecule has 4 aliphatic carbocycles. The molecule has 0 aromatic heterocycles. The van der Waals surface area contributed by atoms with Gasteiger partial charge in [-0.15, -0.1) is 0 Å². The van der Waals surface area contributed by atoms with Crippen LogP contribution in [0.3, 0.4) is 0 Å². The predicted octanol–water partition coefficient (Wildman–Crippen LogP) is 4.34. The first-order chi connectivity index (χ1) is 13.7. The van der Waals surface area contributed by atoms with Crippen LogP contribution in [0.4, 0.5) is 0 Å². The number of carbonyl (C=O) groups is 2. The molecule has 0 aliphatic heterocycles. The van der Waals surface area contributed by atoms with Gasteiger partial charge < -0.3 is 14.7 Å². The van der Waals surface area contributed by atoms with E-state index in [4.69, 9.17) is 14.7 Å². The zero-order chi connectivity index (χ0) is 20.8. The van der Waals surface area contributed by atoms with Crippen molar-refractivity contribution < 1.29 is 24.3 Å². The van der Waals surface area contributed by atoms with E-state index in [1.807, 2.05) is 0 Å². The van der Waals surface area contributed by atoms with Crippen molar-refractivity contribution in [1.82, 2.24) is 0 Å². The van der Waals surface area contributed by atoms with E-state index in [1.165, 1.54) is 18.9 Å². The Balaban J connectivity index is 1.52. The second-order valence-corrected chi connectivity index (χ2v) is 9.93. The van der Waals surface area contributed by atoms with Crippen molar-refractivity contribution >= 4 is 17.7 Å². The number of aliphatic carboxylic acids is 1. The lowest BCUT2D eigenvalue weighted by Gasteiger charge is -2.57. The minimum absolute atomic E-state index is 0.0241. The Morgan fingerprint density at radius 2 is 1.90 bits per heavy atom. The highest BCUT2D eigenvalue weighted by atomic mass is 16.6. The van der Waals surface area contributed by atoms with Crippen LogP contribution in [0.15, 0.2) is 16.8 Å². The number of carboxylic acid groups (broad SMARTS) is 1. The molecule has 0 unspecified atom stereocenters. The van der Waals surface area contributed by atoms with Gasteiger partial charge in [-0.05, 0) is 68.1 Å². The standard InChI is InChI=1S/C23H33NO5/c1-14(25)29-16-8-10-22(2)15(12-16)4-5-17-18-6-7-20(24-28-13-21(26)27)23(18,3)11-9-19(17)22/h4,16-19H,5-13H2,1-3H3,(H,26,27)/b24-20+/t16-,17-,18-,19-,22-,23-/m0/s1. The van der Waals surface area contributed by atoms with E-state index in [2.05, 4.69) is 25.1 Å². The number of hydrogen-bond donors (Lipinski definition) is 1. The van der Waals surface area contributed by atoms with Crippen LogP contribution in [-0.2, 0) is 19.2 Å². The van der Waals surface area contributed by atoms with Crippen molar-refractivity contribution in [2.24, 2.45) is 33.7 Å². The highest BCUT2D eigenvalue weighted by Crippen LogP contribution is 2.64. The van der Waals surface area contributed by atoms with Crippen LogP contribution in [0.5, 0.6) is 0 Å². The molecule has 29 heavy (non-hydrogen) atoms. The van der Waals surface area contributed by atoms with Crippen molar-refractivity contribution in [3.05, 3.63) is 11.6 Å². The maximum atomic E-state index is 11.4. The molecule has 6 nitrogen and oxygen atoms in total. The van der Waals surface area contributed by atoms with Crippen LogP contribution >= 0.6 is 0 Å². The summed E-state index contributed by atoms with van der Waals surface area (Å²) in [6.45, 7) is 5.87. The summed E-state index contributed by atoms with van der Waals surface area (Å²) in [5.74, 6) is 0.719. The zero-order valence-electron chi connectivity index (χ0n) is 17.8. The molecule has 6 atom stereocenters. The van der Waals surface area contributed by atoms with Crippen LogP contribution in [0.1, 0.15) is 72.1 Å². The Morgan fingerprint density at radius 3 is 2.62 bits per heavy atom. The van der Waals surface area contributed by atoms with E-state index < -0.39 is 5.97 Å². The minimum atomic E-state index is -0.986. The molecule has 0 amide bonds. The Bertz CT molecular complexity index is 758. The van der Waals surface area contributed by atoms with Gasteiger partial charge in [-0.1, -0.05) is 30.7 Å². The quantitative estimate of drug-likeness (QED) is 0.429. The average molecular weight is 404 g/mol. The fraction of sp³-hybridized carbons (Fsp3) is 0.783. The summed E-state index contributed by atoms with van der Waals surface area (Å²) in [4.78, 5) is 27.2. The summed E-state index contributed by atoms with van der Waals surface area (Å²) in [6, 6.07) is 0. The topological polar surface area (TPSA) is 85.2 Å². The Labute approximate surface area is 172 Å². The maximum Gasteiger partial charge on any atom is 0.344 e. The highest BCUT2D eigenvalue weighted by Gasteiger charge is 2.58. The number of nitrogens with zero attached hydrogens (tertiary/aromatic N) is 1. The number of allylic oxidation sites excluding steroid dienone is 1. The summed E-state index contributed by atoms with van der Waals surface area (Å²) in [7, 11) is 0. The van der Waals surface area contributed by atoms with Crippen molar-refractivity contribution in [3.63, 3.8) is 0 Å². The molecule has 0 heterocycles. The number of carbonyl (C=O) groups excluding carboxylic acids is 1. The number of ether oxygens (including phenoxy) is 1. The normalized spacial score (nSPS) is 42.3. The molecule has 0 spiro atoms. The first-order valence-electron chi connectivity index (χ1n) is 11.0. The van der Waals surface area contributed by atoms with E-state index in [0.717, 1.165) is 50.7 Å². The van der Waals surface area contributed by atoms with Crippen molar-refractivity contribution in [1.29, 1.82) is 0 Å². The van der Waals surface area contributed by atoms with Gasteiger partial charge in [0.1, 0.15) is 6.10 Å². The largest absolute Gasteiger partial charge is 0.479 e. The average Bonchev–Trinajstić information content (AvgIpc) is 2.98. The third-order valence-electron chi connectivity index (χ3n) is 8.50. The van der Waals surface area contributed by atoms with Gasteiger partial charge in [0.05, 0.1) is 5.71 Å². The molecule has 0 aromatic carbocycles. The fourth-order valence-electron chi connectivity index (χ4n) is 7.07. The summed E-state index contributed by atoms with van der Waals surface area (Å²) in [5.41, 5.74) is 2.79. The SMILES string of the molecule is CC(=O)O[C@H]1CC[C@@]2(C)C(=CC[C@@H]3[C@@H]2CC[C@]2(C)/C(=N/OCC(=O)O)CC[C@@H]32)C1. The van der Waals surface area contributed by atoms with E-state index in [-0.39, 0.29) is 29.5 Å². The van der Waals surface area contributed by atoms with Gasteiger partial charge in [-0.3, -0.25) is 4.79 Å². The molecule has 6 heteroatoms. The first kappa shape index (κ1) is 20.4. The molecular formula is C23H33NO5. The molecule has 3 saturated carbocycles. The zero-order valence-corrected chi connectivity index (χ0v) is 17.8. The Kier molecular flexibility index (Phi) is 5.24. The van der Waals surface area contributed by atoms with E-state index in [0.29, 0.717) is 17.8 Å². The fourth-order valence-corrected chi connectivity index (χ4v) is 7.07. The van der Waals surface area contributed by atoms with Gasteiger partial charge in [0.25, 0.3) is 0 Å². The number of hydrogen-bond acceptors (Lipinski definition) is 5. The van der Waals surface area contributed by atoms with E-state index in [9.17, 15) is 9.59 Å². The van der Waals surface area contributed by atoms with Crippen LogP contribution in [0, 0.1) is 28.6 Å². The van der Waals surface area contributed by atoms with Crippen molar-refractivity contribution in [2.75, 3.05) is 6.61 Å². The van der Waals surface area contributed by atoms with Gasteiger partial charge in [0, 0.05) is 18.8 Å². The molecule has 160 valence electrons. The molecule has 0 saturated heterocycles. The lowest BCUT2D eigenvalue weighted by molar-refractivity contribution is -0.148. The molecule has 1 N–H and O–H groups in total. The molecular weight excluding hydrogens is 370 g/mol. The maximum absolute atomic E-state index is 11.4. The van der Waals surface area contributed by atoms with Gasteiger partial charge in [0.2, 0.25) is 6.61 Å². The van der Waals surface area contributed by atoms with Crippen LogP contribution in [-0.4, -0.2) is 35.5 Å². The third kappa shape index (κ3) is 3.49. The van der Waals surface area contributed by atoms with Crippen LogP contribution in [0.2, 0.25) is 0 Å². The first-order valence-corrected chi connectivity index (χ1v) is 11.0. The highest BCUT2D eigenvalue weighted by molar-refractivity contribution is 5.92. The summed E-state index contributed by atoms with van der Waals surface area (Å²) < 4.78 is 5.52. The molecule has 0 radical (unpaired) electrons. The number of carboxylic acids is 1. The summed E-state index contributed by atoms with van der Waals surface area (Å²) in [5, 5.41) is 13.1. The lowest BCUT2D eigenvalue weighted by atomic mass is 9.48. The predicted molar refractivity (Wildman–Crippen MR) is 108 cm³/mol. The van der Waals surface area contributed by atoms with Gasteiger partial charge >= 0.3 is 11.9 Å². The lowest BCUT2D eigenvalue weighted by Crippen LogP contribution is -2.50. The number of rotatable bonds is 4. The van der Waals surface area contributed by atoms with Crippen LogP contribution < -0.4 is 0 Å². The van der Waals surface area contributed by atoms with Gasteiger partial charge in [-0.25, -0.2) is 4.79 Å².